The number of benzene rings is 1. The van der Waals surface area contributed by atoms with Gasteiger partial charge in [0.25, 0.3) is 0 Å². The summed E-state index contributed by atoms with van der Waals surface area (Å²) in [6.45, 7) is 6.81. The van der Waals surface area contributed by atoms with Crippen LogP contribution in [0.15, 0.2) is 30.4 Å². The van der Waals surface area contributed by atoms with E-state index in [2.05, 4.69) is 15.9 Å². The Bertz CT molecular complexity index is 564. The zero-order valence-corrected chi connectivity index (χ0v) is 14.9. The Hall–Kier alpha value is -1.49. The zero-order valence-electron chi connectivity index (χ0n) is 13.3. The van der Waals surface area contributed by atoms with Crippen molar-refractivity contribution >= 4 is 27.7 Å². The van der Waals surface area contributed by atoms with Crippen molar-refractivity contribution in [3.8, 4) is 5.75 Å². The fraction of sp³-hybridized carbons (Fsp3) is 0.471. The molecule has 1 amide bonds. The highest BCUT2D eigenvalue weighted by molar-refractivity contribution is 9.09. The van der Waals surface area contributed by atoms with Crippen molar-refractivity contribution in [1.29, 1.82) is 0 Å². The molecule has 1 aromatic carbocycles. The number of fused-ring (bicyclic) bond motifs is 1. The number of carbonyl (C=O) groups excluding carboxylic acids is 1. The van der Waals surface area contributed by atoms with E-state index in [1.54, 1.807) is 4.90 Å². The molecule has 5 heteroatoms. The Balaban J connectivity index is 2.04. The summed E-state index contributed by atoms with van der Waals surface area (Å²) >= 11 is 3.33. The topological polar surface area (TPSA) is 38.8 Å². The Morgan fingerprint density at radius 3 is 2.82 bits per heavy atom. The SMILES string of the molecule is CC(C)(C)OC(=O)N1CCc2cc(OC/C=C/CBr)ccc21. The van der Waals surface area contributed by atoms with Gasteiger partial charge in [0.2, 0.25) is 0 Å². The van der Waals surface area contributed by atoms with Gasteiger partial charge in [-0.05, 0) is 51.0 Å². The number of hydrogen-bond donors (Lipinski definition) is 0. The first kappa shape index (κ1) is 16.9. The summed E-state index contributed by atoms with van der Waals surface area (Å²) in [5.41, 5.74) is 1.55. The molecule has 0 N–H and O–H groups in total. The number of allylic oxidation sites excluding steroid dienone is 1. The molecule has 1 aromatic rings. The fourth-order valence-electron chi connectivity index (χ4n) is 2.25. The van der Waals surface area contributed by atoms with Crippen LogP contribution < -0.4 is 9.64 Å². The van der Waals surface area contributed by atoms with Crippen molar-refractivity contribution in [2.75, 3.05) is 23.4 Å². The standard InChI is InChI=1S/C17H22BrNO3/c1-17(2,3)22-16(20)19-10-8-13-12-14(6-7-15(13)19)21-11-5-4-9-18/h4-7,12H,8-11H2,1-3H3/b5-4+. The van der Waals surface area contributed by atoms with Crippen molar-refractivity contribution in [2.24, 2.45) is 0 Å². The highest BCUT2D eigenvalue weighted by Gasteiger charge is 2.29. The number of nitrogens with zero attached hydrogens (tertiary/aromatic N) is 1. The molecule has 0 aliphatic carbocycles. The third kappa shape index (κ3) is 4.50. The van der Waals surface area contributed by atoms with Crippen molar-refractivity contribution < 1.29 is 14.3 Å². The van der Waals surface area contributed by atoms with Crippen LogP contribution >= 0.6 is 15.9 Å². The maximum atomic E-state index is 12.2. The third-order valence-electron chi connectivity index (χ3n) is 3.16. The highest BCUT2D eigenvalue weighted by atomic mass is 79.9. The van der Waals surface area contributed by atoms with E-state index in [4.69, 9.17) is 9.47 Å². The summed E-state index contributed by atoms with van der Waals surface area (Å²) in [4.78, 5) is 13.9. The van der Waals surface area contributed by atoms with E-state index in [9.17, 15) is 4.79 Å². The first-order valence-electron chi connectivity index (χ1n) is 7.38. The maximum absolute atomic E-state index is 12.2. The van der Waals surface area contributed by atoms with Gasteiger partial charge >= 0.3 is 6.09 Å². The molecular formula is C17H22BrNO3. The van der Waals surface area contributed by atoms with E-state index in [0.29, 0.717) is 13.2 Å². The zero-order chi connectivity index (χ0) is 16.2. The number of halogens is 1. The monoisotopic (exact) mass is 367 g/mol. The molecule has 0 saturated carbocycles. The molecule has 0 unspecified atom stereocenters. The molecular weight excluding hydrogens is 346 g/mol. The predicted octanol–water partition coefficient (Wildman–Crippen LogP) is 4.31. The average Bonchev–Trinajstić information content (AvgIpc) is 2.85. The molecule has 2 rings (SSSR count). The van der Waals surface area contributed by atoms with Crippen LogP contribution in [0.5, 0.6) is 5.75 Å². The van der Waals surface area contributed by atoms with E-state index in [1.807, 2.05) is 51.1 Å². The number of alkyl halides is 1. The number of amides is 1. The molecule has 0 aromatic heterocycles. The molecule has 22 heavy (non-hydrogen) atoms. The van der Waals surface area contributed by atoms with Gasteiger partial charge in [0.1, 0.15) is 18.0 Å². The van der Waals surface area contributed by atoms with E-state index in [1.165, 1.54) is 0 Å². The number of hydrogen-bond acceptors (Lipinski definition) is 3. The van der Waals surface area contributed by atoms with Gasteiger partial charge < -0.3 is 9.47 Å². The van der Waals surface area contributed by atoms with E-state index in [0.717, 1.165) is 28.8 Å². The third-order valence-corrected chi connectivity index (χ3v) is 3.54. The first-order chi connectivity index (χ1) is 10.4. The minimum absolute atomic E-state index is 0.292. The summed E-state index contributed by atoms with van der Waals surface area (Å²) < 4.78 is 11.1. The Labute approximate surface area is 140 Å². The van der Waals surface area contributed by atoms with Gasteiger partial charge in [-0.15, -0.1) is 0 Å². The largest absolute Gasteiger partial charge is 0.490 e. The van der Waals surface area contributed by atoms with Crippen LogP contribution in [0.3, 0.4) is 0 Å². The summed E-state index contributed by atoms with van der Waals surface area (Å²) in [6, 6.07) is 5.82. The van der Waals surface area contributed by atoms with Gasteiger partial charge in [-0.25, -0.2) is 4.79 Å². The Morgan fingerprint density at radius 1 is 1.36 bits per heavy atom. The van der Waals surface area contributed by atoms with Crippen LogP contribution in [0.2, 0.25) is 0 Å². The lowest BCUT2D eigenvalue weighted by Gasteiger charge is -2.24. The lowest BCUT2D eigenvalue weighted by molar-refractivity contribution is 0.0584. The summed E-state index contributed by atoms with van der Waals surface area (Å²) in [5.74, 6) is 0.823. The van der Waals surface area contributed by atoms with Gasteiger partial charge in [-0.1, -0.05) is 28.1 Å². The normalized spacial score (nSPS) is 14.3. The molecule has 0 atom stereocenters. The van der Waals surface area contributed by atoms with Gasteiger partial charge in [0.15, 0.2) is 0 Å². The van der Waals surface area contributed by atoms with Crippen LogP contribution in [0.4, 0.5) is 10.5 Å². The van der Waals surface area contributed by atoms with E-state index >= 15 is 0 Å². The average molecular weight is 368 g/mol. The Kier molecular flexibility index (Phi) is 5.51. The smallest absolute Gasteiger partial charge is 0.414 e. The molecule has 0 spiro atoms. The van der Waals surface area contributed by atoms with Crippen LogP contribution in [0.1, 0.15) is 26.3 Å². The number of carbonyl (C=O) groups is 1. The molecule has 0 fully saturated rings. The summed E-state index contributed by atoms with van der Waals surface area (Å²) in [6.07, 6.45) is 4.50. The van der Waals surface area contributed by atoms with Gasteiger partial charge in [-0.3, -0.25) is 4.90 Å². The van der Waals surface area contributed by atoms with Crippen molar-refractivity contribution in [3.63, 3.8) is 0 Å². The maximum Gasteiger partial charge on any atom is 0.414 e. The minimum Gasteiger partial charge on any atom is -0.490 e. The molecule has 0 radical (unpaired) electrons. The van der Waals surface area contributed by atoms with Crippen molar-refractivity contribution in [2.45, 2.75) is 32.8 Å². The molecule has 4 nitrogen and oxygen atoms in total. The minimum atomic E-state index is -0.482. The number of rotatable bonds is 4. The van der Waals surface area contributed by atoms with Crippen LogP contribution in [0.25, 0.3) is 0 Å². The second-order valence-corrected chi connectivity index (χ2v) is 6.76. The highest BCUT2D eigenvalue weighted by Crippen LogP contribution is 2.32. The van der Waals surface area contributed by atoms with Gasteiger partial charge in [0, 0.05) is 11.9 Å². The Morgan fingerprint density at radius 2 is 2.14 bits per heavy atom. The molecule has 0 saturated heterocycles. The quantitative estimate of drug-likeness (QED) is 0.587. The van der Waals surface area contributed by atoms with Gasteiger partial charge in [-0.2, -0.15) is 0 Å². The first-order valence-corrected chi connectivity index (χ1v) is 8.50. The van der Waals surface area contributed by atoms with Gasteiger partial charge in [0.05, 0.1) is 5.69 Å². The van der Waals surface area contributed by atoms with E-state index < -0.39 is 5.60 Å². The number of ether oxygens (including phenoxy) is 2. The lowest BCUT2D eigenvalue weighted by atomic mass is 10.1. The number of anilines is 1. The summed E-state index contributed by atoms with van der Waals surface area (Å²) in [7, 11) is 0. The van der Waals surface area contributed by atoms with Crippen LogP contribution in [-0.4, -0.2) is 30.2 Å². The van der Waals surface area contributed by atoms with Crippen molar-refractivity contribution in [3.05, 3.63) is 35.9 Å². The van der Waals surface area contributed by atoms with Crippen molar-refractivity contribution in [1.82, 2.24) is 0 Å². The van der Waals surface area contributed by atoms with Crippen LogP contribution in [0, 0.1) is 0 Å². The molecule has 1 aliphatic rings. The lowest BCUT2D eigenvalue weighted by Crippen LogP contribution is -2.35. The second kappa shape index (κ2) is 7.18. The molecule has 0 bridgehead atoms. The second-order valence-electron chi connectivity index (χ2n) is 6.11. The summed E-state index contributed by atoms with van der Waals surface area (Å²) in [5, 5.41) is 0.825. The van der Waals surface area contributed by atoms with Crippen LogP contribution in [-0.2, 0) is 11.2 Å². The molecule has 1 heterocycles. The molecule has 1 aliphatic heterocycles. The molecule has 120 valence electrons. The van der Waals surface area contributed by atoms with E-state index in [-0.39, 0.29) is 6.09 Å². The fourth-order valence-corrected chi connectivity index (χ4v) is 2.51. The predicted molar refractivity (Wildman–Crippen MR) is 92.2 cm³/mol.